The Kier molecular flexibility index (Phi) is 7.70. The second-order valence-electron chi connectivity index (χ2n) is 7.79. The number of benzene rings is 2. The van der Waals surface area contributed by atoms with Crippen molar-refractivity contribution in [3.05, 3.63) is 94.9 Å². The normalized spacial score (nSPS) is 10.8. The van der Waals surface area contributed by atoms with E-state index in [1.807, 2.05) is 31.4 Å². The Balaban J connectivity index is 1.59. The van der Waals surface area contributed by atoms with Crippen molar-refractivity contribution in [2.75, 3.05) is 13.7 Å². The molecule has 0 fully saturated rings. The van der Waals surface area contributed by atoms with Crippen LogP contribution in [0.25, 0.3) is 5.69 Å². The van der Waals surface area contributed by atoms with Gasteiger partial charge in [-0.1, -0.05) is 6.07 Å². The average molecular weight is 572 g/mol. The number of aromatic amines is 1. The summed E-state index contributed by atoms with van der Waals surface area (Å²) in [5, 5.41) is 5.94. The van der Waals surface area contributed by atoms with Crippen molar-refractivity contribution < 1.29 is 19.0 Å². The van der Waals surface area contributed by atoms with Gasteiger partial charge in [0, 0.05) is 11.3 Å². The maximum absolute atomic E-state index is 12.5. The molecule has 0 saturated carbocycles. The largest absolute Gasteiger partial charge is 0.496 e. The average Bonchev–Trinajstić information content (AvgIpc) is 3.35. The SMILES string of the molecule is COc1ccc(Oc2c(C)cc(-n3nc(C(=O)OCCc4cccs4)c(=O)[nH]c3=O)cc2C)cc1Br. The maximum Gasteiger partial charge on any atom is 0.364 e. The number of hydrogen-bond acceptors (Lipinski definition) is 8. The molecule has 0 aliphatic carbocycles. The van der Waals surface area contributed by atoms with E-state index in [0.717, 1.165) is 25.2 Å². The van der Waals surface area contributed by atoms with Crippen LogP contribution in [0.15, 0.2) is 61.9 Å². The number of carbonyl (C=O) groups excluding carboxylic acids is 1. The Morgan fingerprint density at radius 2 is 1.89 bits per heavy atom. The van der Waals surface area contributed by atoms with Crippen molar-refractivity contribution in [3.63, 3.8) is 0 Å². The van der Waals surface area contributed by atoms with E-state index < -0.39 is 22.9 Å². The van der Waals surface area contributed by atoms with Gasteiger partial charge in [0.15, 0.2) is 0 Å². The minimum Gasteiger partial charge on any atom is -0.496 e. The lowest BCUT2D eigenvalue weighted by molar-refractivity contribution is 0.0498. The first-order chi connectivity index (χ1) is 17.3. The second-order valence-corrected chi connectivity index (χ2v) is 9.68. The summed E-state index contributed by atoms with van der Waals surface area (Å²) in [5.74, 6) is 0.964. The summed E-state index contributed by atoms with van der Waals surface area (Å²) < 4.78 is 18.2. The second kappa shape index (κ2) is 10.9. The number of nitrogens with one attached hydrogen (secondary N) is 1. The van der Waals surface area contributed by atoms with E-state index in [-0.39, 0.29) is 6.61 Å². The minimum absolute atomic E-state index is 0.0886. The molecule has 9 nitrogen and oxygen atoms in total. The summed E-state index contributed by atoms with van der Waals surface area (Å²) >= 11 is 4.98. The van der Waals surface area contributed by atoms with Crippen molar-refractivity contribution in [1.82, 2.24) is 14.8 Å². The summed E-state index contributed by atoms with van der Waals surface area (Å²) in [7, 11) is 1.58. The Labute approximate surface area is 218 Å². The van der Waals surface area contributed by atoms with Gasteiger partial charge in [-0.2, -0.15) is 9.78 Å². The molecule has 4 aromatic rings. The molecule has 0 atom stereocenters. The number of hydrogen-bond donors (Lipinski definition) is 1. The van der Waals surface area contributed by atoms with Gasteiger partial charge in [0.25, 0.3) is 5.56 Å². The third kappa shape index (κ3) is 5.58. The smallest absolute Gasteiger partial charge is 0.364 e. The molecular formula is C25H22BrN3O6S. The van der Waals surface area contributed by atoms with E-state index in [2.05, 4.69) is 26.0 Å². The standard InChI is InChI=1S/C25H22BrN3O6S/c1-14-11-16(12-15(2)22(14)35-17-6-7-20(33-3)19(26)13-17)29-25(32)27-23(30)21(28-29)24(31)34-9-8-18-5-4-10-36-18/h4-7,10-13H,8-9H2,1-3H3,(H,27,30,32). The predicted molar refractivity (Wildman–Crippen MR) is 139 cm³/mol. The molecule has 0 saturated heterocycles. The van der Waals surface area contributed by atoms with Gasteiger partial charge in [0.1, 0.15) is 17.2 Å². The number of carbonyl (C=O) groups is 1. The number of nitrogens with zero attached hydrogens (tertiary/aromatic N) is 2. The molecule has 0 bridgehead atoms. The van der Waals surface area contributed by atoms with Gasteiger partial charge in [-0.05, 0) is 82.7 Å². The van der Waals surface area contributed by atoms with Crippen molar-refractivity contribution in [2.45, 2.75) is 20.3 Å². The maximum atomic E-state index is 12.5. The molecule has 11 heteroatoms. The van der Waals surface area contributed by atoms with Crippen molar-refractivity contribution >= 4 is 33.2 Å². The predicted octanol–water partition coefficient (Wildman–Crippen LogP) is 4.56. The van der Waals surface area contributed by atoms with E-state index in [1.165, 1.54) is 0 Å². The Morgan fingerprint density at radius 1 is 1.14 bits per heavy atom. The van der Waals surface area contributed by atoms with Gasteiger partial charge in [0.2, 0.25) is 5.69 Å². The Hall–Kier alpha value is -3.70. The fraction of sp³-hybridized carbons (Fsp3) is 0.200. The highest BCUT2D eigenvalue weighted by Gasteiger charge is 2.19. The number of halogens is 1. The van der Waals surface area contributed by atoms with E-state index in [4.69, 9.17) is 14.2 Å². The molecule has 2 aromatic carbocycles. The lowest BCUT2D eigenvalue weighted by atomic mass is 10.1. The first kappa shape index (κ1) is 25.4. The number of methoxy groups -OCH3 is 1. The zero-order valence-corrected chi connectivity index (χ0v) is 22.1. The third-order valence-electron chi connectivity index (χ3n) is 5.22. The number of H-pyrrole nitrogens is 1. The molecule has 0 aliphatic heterocycles. The Morgan fingerprint density at radius 3 is 2.53 bits per heavy atom. The van der Waals surface area contributed by atoms with Gasteiger partial charge in [-0.3, -0.25) is 9.78 Å². The van der Waals surface area contributed by atoms with Crippen LogP contribution >= 0.6 is 27.3 Å². The number of thiophene rings is 1. The van der Waals surface area contributed by atoms with Crippen LogP contribution < -0.4 is 20.7 Å². The number of aryl methyl sites for hydroxylation is 2. The molecule has 0 unspecified atom stereocenters. The molecule has 186 valence electrons. The quantitative estimate of drug-likeness (QED) is 0.308. The van der Waals surface area contributed by atoms with E-state index in [0.29, 0.717) is 29.4 Å². The van der Waals surface area contributed by atoms with Gasteiger partial charge < -0.3 is 14.2 Å². The lowest BCUT2D eigenvalue weighted by Crippen LogP contribution is -2.36. The van der Waals surface area contributed by atoms with Crippen LogP contribution in [0.1, 0.15) is 26.5 Å². The number of esters is 1. The van der Waals surface area contributed by atoms with E-state index in [1.54, 1.807) is 48.8 Å². The van der Waals surface area contributed by atoms with E-state index >= 15 is 0 Å². The number of rotatable bonds is 8. The molecule has 36 heavy (non-hydrogen) atoms. The molecule has 1 N–H and O–H groups in total. The topological polar surface area (TPSA) is 113 Å². The molecule has 0 aliphatic rings. The molecule has 0 spiro atoms. The lowest BCUT2D eigenvalue weighted by Gasteiger charge is -2.15. The first-order valence-corrected chi connectivity index (χ1v) is 12.5. The molecule has 2 aromatic heterocycles. The van der Waals surface area contributed by atoms with Crippen molar-refractivity contribution in [3.8, 4) is 22.9 Å². The highest BCUT2D eigenvalue weighted by atomic mass is 79.9. The zero-order chi connectivity index (χ0) is 25.8. The fourth-order valence-corrected chi connectivity index (χ4v) is 4.73. The first-order valence-electron chi connectivity index (χ1n) is 10.8. The highest BCUT2D eigenvalue weighted by molar-refractivity contribution is 9.10. The zero-order valence-electron chi connectivity index (χ0n) is 19.7. The van der Waals surface area contributed by atoms with Gasteiger partial charge >= 0.3 is 11.7 Å². The summed E-state index contributed by atoms with van der Waals surface area (Å²) in [6.07, 6.45) is 0.519. The number of ether oxygens (including phenoxy) is 3. The highest BCUT2D eigenvalue weighted by Crippen LogP contribution is 2.34. The van der Waals surface area contributed by atoms with E-state index in [9.17, 15) is 14.4 Å². The van der Waals surface area contributed by atoms with Crippen molar-refractivity contribution in [1.29, 1.82) is 0 Å². The minimum atomic E-state index is -0.907. The summed E-state index contributed by atoms with van der Waals surface area (Å²) in [6, 6.07) is 12.5. The van der Waals surface area contributed by atoms with Crippen LogP contribution in [0.2, 0.25) is 0 Å². The van der Waals surface area contributed by atoms with Gasteiger partial charge in [-0.15, -0.1) is 11.3 Å². The molecular weight excluding hydrogens is 550 g/mol. The van der Waals surface area contributed by atoms with Crippen molar-refractivity contribution in [2.24, 2.45) is 0 Å². The van der Waals surface area contributed by atoms with Crippen LogP contribution in [0, 0.1) is 13.8 Å². The monoisotopic (exact) mass is 571 g/mol. The molecule has 0 amide bonds. The summed E-state index contributed by atoms with van der Waals surface area (Å²) in [4.78, 5) is 40.5. The fourth-order valence-electron chi connectivity index (χ4n) is 3.52. The Bertz CT molecular complexity index is 1500. The summed E-state index contributed by atoms with van der Waals surface area (Å²) in [6.45, 7) is 3.73. The van der Waals surface area contributed by atoms with Crippen LogP contribution in [0.5, 0.6) is 17.2 Å². The van der Waals surface area contributed by atoms with Gasteiger partial charge in [-0.25, -0.2) is 9.59 Å². The van der Waals surface area contributed by atoms with Crippen LogP contribution in [0.3, 0.4) is 0 Å². The van der Waals surface area contributed by atoms with Gasteiger partial charge in [0.05, 0.1) is 23.9 Å². The van der Waals surface area contributed by atoms with Crippen LogP contribution in [0.4, 0.5) is 0 Å². The summed E-state index contributed by atoms with van der Waals surface area (Å²) in [5.41, 5.74) is -0.381. The third-order valence-corrected chi connectivity index (χ3v) is 6.77. The molecule has 0 radical (unpaired) electrons. The van der Waals surface area contributed by atoms with Crippen LogP contribution in [-0.2, 0) is 11.2 Å². The molecule has 2 heterocycles. The van der Waals surface area contributed by atoms with Crippen LogP contribution in [-0.4, -0.2) is 34.5 Å². The number of aromatic nitrogens is 3. The molecule has 4 rings (SSSR count).